The molecule has 1 aliphatic carbocycles. The molecule has 0 radical (unpaired) electrons. The predicted octanol–water partition coefficient (Wildman–Crippen LogP) is 2.04. The van der Waals surface area contributed by atoms with Gasteiger partial charge in [0.25, 0.3) is 0 Å². The largest absolute Gasteiger partial charge is 0.409 e. The summed E-state index contributed by atoms with van der Waals surface area (Å²) in [7, 11) is 0. The average molecular weight is 269 g/mol. The van der Waals surface area contributed by atoms with Gasteiger partial charge in [0.05, 0.1) is 0 Å². The van der Waals surface area contributed by atoms with Crippen molar-refractivity contribution in [2.75, 3.05) is 13.1 Å². The van der Waals surface area contributed by atoms with Crippen LogP contribution in [0.1, 0.15) is 46.5 Å². The summed E-state index contributed by atoms with van der Waals surface area (Å²) < 4.78 is 0. The molecule has 1 rings (SSSR count). The fourth-order valence-electron chi connectivity index (χ4n) is 2.66. The Hall–Kier alpha value is -1.26. The highest BCUT2D eigenvalue weighted by Gasteiger charge is 2.28. The molecule has 0 aromatic rings. The molecule has 0 aromatic heterocycles. The van der Waals surface area contributed by atoms with Gasteiger partial charge in [-0.3, -0.25) is 4.79 Å². The second kappa shape index (κ2) is 7.36. The molecule has 5 heteroatoms. The lowest BCUT2D eigenvalue weighted by molar-refractivity contribution is -0.136. The second-order valence-corrected chi connectivity index (χ2v) is 5.76. The zero-order chi connectivity index (χ0) is 14.4. The Morgan fingerprint density at radius 2 is 2.00 bits per heavy atom. The monoisotopic (exact) mass is 269 g/mol. The molecule has 5 nitrogen and oxygen atoms in total. The first kappa shape index (κ1) is 15.8. The number of nitrogens with zero attached hydrogens (tertiary/aromatic N) is 2. The van der Waals surface area contributed by atoms with E-state index in [-0.39, 0.29) is 23.6 Å². The van der Waals surface area contributed by atoms with E-state index in [4.69, 9.17) is 10.9 Å². The Labute approximate surface area is 115 Å². The summed E-state index contributed by atoms with van der Waals surface area (Å²) in [5, 5.41) is 11.7. The molecule has 1 atom stereocenters. The summed E-state index contributed by atoms with van der Waals surface area (Å²) in [6, 6.07) is 0. The van der Waals surface area contributed by atoms with Crippen LogP contribution in [0, 0.1) is 17.8 Å². The third kappa shape index (κ3) is 4.40. The maximum atomic E-state index is 12.5. The van der Waals surface area contributed by atoms with Gasteiger partial charge in [0.2, 0.25) is 5.91 Å². The highest BCUT2D eigenvalue weighted by atomic mass is 16.4. The fourth-order valence-corrected chi connectivity index (χ4v) is 2.66. The van der Waals surface area contributed by atoms with Gasteiger partial charge >= 0.3 is 0 Å². The molecule has 0 saturated heterocycles. The topological polar surface area (TPSA) is 78.9 Å². The molecule has 1 fully saturated rings. The third-order valence-electron chi connectivity index (χ3n) is 4.17. The maximum absolute atomic E-state index is 12.5. The van der Waals surface area contributed by atoms with E-state index in [9.17, 15) is 4.79 Å². The molecule has 0 heterocycles. The van der Waals surface area contributed by atoms with Crippen LogP contribution in [0.5, 0.6) is 0 Å². The lowest BCUT2D eigenvalue weighted by atomic mass is 9.82. The van der Waals surface area contributed by atoms with Crippen LogP contribution < -0.4 is 5.73 Å². The van der Waals surface area contributed by atoms with Crippen LogP contribution in [-0.2, 0) is 4.79 Å². The molecular weight excluding hydrogens is 242 g/mol. The van der Waals surface area contributed by atoms with Crippen molar-refractivity contribution >= 4 is 11.7 Å². The van der Waals surface area contributed by atoms with E-state index in [1.54, 1.807) is 0 Å². The smallest absolute Gasteiger partial charge is 0.225 e. The molecule has 0 aromatic carbocycles. The molecule has 110 valence electrons. The number of carbonyl (C=O) groups excluding carboxylic acids is 1. The summed E-state index contributed by atoms with van der Waals surface area (Å²) in [5.41, 5.74) is 5.58. The number of rotatable bonds is 5. The second-order valence-electron chi connectivity index (χ2n) is 5.76. The van der Waals surface area contributed by atoms with E-state index in [0.717, 1.165) is 31.6 Å². The van der Waals surface area contributed by atoms with Gasteiger partial charge in [0.1, 0.15) is 5.84 Å². The van der Waals surface area contributed by atoms with Crippen molar-refractivity contribution in [1.29, 1.82) is 0 Å². The lowest BCUT2D eigenvalue weighted by Gasteiger charge is -2.31. The predicted molar refractivity (Wildman–Crippen MR) is 75.9 cm³/mol. The van der Waals surface area contributed by atoms with Crippen LogP contribution in [0.25, 0.3) is 0 Å². The molecule has 19 heavy (non-hydrogen) atoms. The van der Waals surface area contributed by atoms with E-state index in [1.165, 1.54) is 0 Å². The molecule has 1 saturated carbocycles. The number of amidine groups is 1. The zero-order valence-corrected chi connectivity index (χ0v) is 12.3. The van der Waals surface area contributed by atoms with Crippen LogP contribution in [0.4, 0.5) is 0 Å². The molecule has 1 amide bonds. The summed E-state index contributed by atoms with van der Waals surface area (Å²) in [6.07, 6.45) is 4.27. The third-order valence-corrected chi connectivity index (χ3v) is 4.17. The summed E-state index contributed by atoms with van der Waals surface area (Å²) in [4.78, 5) is 14.3. The Morgan fingerprint density at radius 3 is 2.47 bits per heavy atom. The van der Waals surface area contributed by atoms with E-state index in [0.29, 0.717) is 13.1 Å². The van der Waals surface area contributed by atoms with Crippen molar-refractivity contribution in [3.8, 4) is 0 Å². The van der Waals surface area contributed by atoms with Gasteiger partial charge in [-0.25, -0.2) is 0 Å². The SMILES string of the molecule is CCN(CC(C)C(N)=NO)C(=O)C1CCC(C)CC1. The molecule has 1 aliphatic rings. The molecular formula is C14H27N3O2. The molecule has 3 N–H and O–H groups in total. The summed E-state index contributed by atoms with van der Waals surface area (Å²) >= 11 is 0. The highest BCUT2D eigenvalue weighted by Crippen LogP contribution is 2.29. The number of oxime groups is 1. The Bertz CT molecular complexity index is 323. The standard InChI is InChI=1S/C14H27N3O2/c1-4-17(9-11(3)13(15)16-19)14(18)12-7-5-10(2)6-8-12/h10-12,19H,4-9H2,1-3H3,(H2,15,16). The van der Waals surface area contributed by atoms with Gasteiger partial charge in [-0.15, -0.1) is 0 Å². The molecule has 0 spiro atoms. The summed E-state index contributed by atoms with van der Waals surface area (Å²) in [5.74, 6) is 1.21. The molecule has 0 aliphatic heterocycles. The first-order chi connectivity index (χ1) is 8.99. The lowest BCUT2D eigenvalue weighted by Crippen LogP contribution is -2.42. The number of carbonyl (C=O) groups is 1. The van der Waals surface area contributed by atoms with E-state index >= 15 is 0 Å². The fraction of sp³-hybridized carbons (Fsp3) is 0.857. The summed E-state index contributed by atoms with van der Waals surface area (Å²) in [6.45, 7) is 7.29. The van der Waals surface area contributed by atoms with Crippen LogP contribution in [0.3, 0.4) is 0 Å². The Morgan fingerprint density at radius 1 is 1.42 bits per heavy atom. The number of amides is 1. The minimum absolute atomic E-state index is 0.114. The number of hydrogen-bond acceptors (Lipinski definition) is 3. The average Bonchev–Trinajstić information content (AvgIpc) is 2.43. The molecule has 1 unspecified atom stereocenters. The quantitative estimate of drug-likeness (QED) is 0.347. The normalized spacial score (nSPS) is 25.9. The van der Waals surface area contributed by atoms with E-state index in [2.05, 4.69) is 12.1 Å². The van der Waals surface area contributed by atoms with Crippen LogP contribution >= 0.6 is 0 Å². The van der Waals surface area contributed by atoms with Crippen molar-refractivity contribution in [3.63, 3.8) is 0 Å². The zero-order valence-electron chi connectivity index (χ0n) is 12.3. The minimum Gasteiger partial charge on any atom is -0.409 e. The van der Waals surface area contributed by atoms with E-state index in [1.807, 2.05) is 18.7 Å². The van der Waals surface area contributed by atoms with Gasteiger partial charge < -0.3 is 15.8 Å². The van der Waals surface area contributed by atoms with Crippen molar-refractivity contribution in [1.82, 2.24) is 4.90 Å². The highest BCUT2D eigenvalue weighted by molar-refractivity contribution is 5.83. The van der Waals surface area contributed by atoms with Crippen LogP contribution in [0.2, 0.25) is 0 Å². The first-order valence-electron chi connectivity index (χ1n) is 7.25. The van der Waals surface area contributed by atoms with Gasteiger partial charge in [-0.05, 0) is 38.5 Å². The first-order valence-corrected chi connectivity index (χ1v) is 7.25. The minimum atomic E-state index is -0.114. The Balaban J connectivity index is 2.56. The van der Waals surface area contributed by atoms with Crippen molar-refractivity contribution in [2.45, 2.75) is 46.5 Å². The van der Waals surface area contributed by atoms with Gasteiger partial charge in [0.15, 0.2) is 0 Å². The van der Waals surface area contributed by atoms with E-state index < -0.39 is 0 Å². The Kier molecular flexibility index (Phi) is 6.12. The number of nitrogens with two attached hydrogens (primary N) is 1. The van der Waals surface area contributed by atoms with Crippen molar-refractivity contribution < 1.29 is 10.0 Å². The van der Waals surface area contributed by atoms with Crippen molar-refractivity contribution in [2.24, 2.45) is 28.6 Å². The number of hydrogen-bond donors (Lipinski definition) is 2. The molecule has 0 bridgehead atoms. The van der Waals surface area contributed by atoms with Gasteiger partial charge in [-0.1, -0.05) is 19.0 Å². The van der Waals surface area contributed by atoms with Gasteiger partial charge in [0, 0.05) is 24.9 Å². The van der Waals surface area contributed by atoms with Crippen molar-refractivity contribution in [3.05, 3.63) is 0 Å². The maximum Gasteiger partial charge on any atom is 0.225 e. The van der Waals surface area contributed by atoms with Gasteiger partial charge in [-0.2, -0.15) is 0 Å². The van der Waals surface area contributed by atoms with Crippen LogP contribution in [0.15, 0.2) is 5.16 Å². The van der Waals surface area contributed by atoms with Crippen LogP contribution in [-0.4, -0.2) is 34.9 Å².